The average Bonchev–Trinajstić information content (AvgIpc) is 2.87. The molecule has 39 heavy (non-hydrogen) atoms. The molecule has 1 unspecified atom stereocenters. The van der Waals surface area contributed by atoms with E-state index in [9.17, 15) is 18.0 Å². The summed E-state index contributed by atoms with van der Waals surface area (Å²) in [6.07, 6.45) is 0. The number of nitrogens with zero attached hydrogens (tertiary/aromatic N) is 3. The second-order valence-corrected chi connectivity index (χ2v) is 11.4. The topological polar surface area (TPSA) is 106 Å². The largest absolute Gasteiger partial charge is 0.612 e. The van der Waals surface area contributed by atoms with Gasteiger partial charge in [-0.3, -0.25) is 14.5 Å². The van der Waals surface area contributed by atoms with E-state index in [1.165, 1.54) is 17.0 Å². The number of anilines is 1. The summed E-state index contributed by atoms with van der Waals surface area (Å²) in [6.45, 7) is 3.61. The molecule has 3 aromatic rings. The summed E-state index contributed by atoms with van der Waals surface area (Å²) in [5.74, 6) is -1.93. The zero-order chi connectivity index (χ0) is 27.7. The van der Waals surface area contributed by atoms with Crippen LogP contribution in [0.4, 0.5) is 5.69 Å². The van der Waals surface area contributed by atoms with Crippen LogP contribution in [0, 0.1) is 13.8 Å². The maximum absolute atomic E-state index is 13.5. The Kier molecular flexibility index (Phi) is 7.29. The van der Waals surface area contributed by atoms with Crippen molar-refractivity contribution in [2.24, 2.45) is 4.40 Å². The van der Waals surface area contributed by atoms with Crippen LogP contribution in [0.15, 0.2) is 88.2 Å². The summed E-state index contributed by atoms with van der Waals surface area (Å²) in [4.78, 5) is 28.6. The molecule has 9 nitrogen and oxygen atoms in total. The molecule has 11 heteroatoms. The highest BCUT2D eigenvalue weighted by atomic mass is 32.2. The number of hydrogen-bond donors (Lipinski definition) is 0. The van der Waals surface area contributed by atoms with Crippen LogP contribution in [0.2, 0.25) is 5.82 Å². The number of sulfonamides is 1. The number of aryl methyl sites for hydroxylation is 2. The van der Waals surface area contributed by atoms with E-state index in [2.05, 4.69) is 4.40 Å². The predicted molar refractivity (Wildman–Crippen MR) is 148 cm³/mol. The molecule has 0 N–H and O–H groups in total. The first-order valence-electron chi connectivity index (χ1n) is 12.5. The Bertz CT molecular complexity index is 1490. The molecule has 0 aliphatic carbocycles. The third kappa shape index (κ3) is 5.60. The second-order valence-electron chi connectivity index (χ2n) is 9.84. The third-order valence-electron chi connectivity index (χ3n) is 6.74. The van der Waals surface area contributed by atoms with Gasteiger partial charge in [-0.15, -0.1) is 4.40 Å². The van der Waals surface area contributed by atoms with Crippen LogP contribution in [0.1, 0.15) is 22.7 Å². The first kappa shape index (κ1) is 26.6. The van der Waals surface area contributed by atoms with E-state index >= 15 is 0 Å². The lowest BCUT2D eigenvalue weighted by Gasteiger charge is -2.50. The minimum atomic E-state index is -4.16. The molecule has 3 aromatic carbocycles. The molecular weight excluding hydrogens is 517 g/mol. The molecular formula is C28H28BN3O6S. The van der Waals surface area contributed by atoms with Gasteiger partial charge in [-0.2, -0.15) is 8.42 Å². The van der Waals surface area contributed by atoms with Crippen LogP contribution < -0.4 is 4.90 Å². The highest BCUT2D eigenvalue weighted by Crippen LogP contribution is 2.50. The van der Waals surface area contributed by atoms with E-state index < -0.39 is 40.9 Å². The van der Waals surface area contributed by atoms with Crippen molar-refractivity contribution in [3.63, 3.8) is 0 Å². The number of rotatable bonds is 5. The van der Waals surface area contributed by atoms with E-state index in [1.807, 2.05) is 68.4 Å². The lowest BCUT2D eigenvalue weighted by Crippen LogP contribution is -2.60. The molecule has 0 spiro atoms. The summed E-state index contributed by atoms with van der Waals surface area (Å²) in [6, 6.07) is 22.8. The van der Waals surface area contributed by atoms with Crippen LogP contribution in [0.25, 0.3) is 0 Å². The van der Waals surface area contributed by atoms with E-state index in [0.29, 0.717) is 5.69 Å². The van der Waals surface area contributed by atoms with Crippen LogP contribution in [0.5, 0.6) is 0 Å². The second kappa shape index (κ2) is 10.7. The highest BCUT2D eigenvalue weighted by molar-refractivity contribution is 7.90. The van der Waals surface area contributed by atoms with Crippen molar-refractivity contribution >= 4 is 40.6 Å². The Hall–Kier alpha value is -3.96. The van der Waals surface area contributed by atoms with Crippen molar-refractivity contribution < 1.29 is 27.3 Å². The minimum Gasteiger partial charge on any atom is -0.498 e. The number of hydrogen-bond acceptors (Lipinski definition) is 7. The maximum atomic E-state index is 13.5. The molecule has 2 atom stereocenters. The van der Waals surface area contributed by atoms with Crippen LogP contribution in [-0.2, 0) is 28.9 Å². The monoisotopic (exact) mass is 545 g/mol. The summed E-state index contributed by atoms with van der Waals surface area (Å²) < 4.78 is 42.5. The summed E-state index contributed by atoms with van der Waals surface area (Å²) in [7, 11) is -3.91. The average molecular weight is 545 g/mol. The molecule has 0 radical (unpaired) electrons. The molecule has 2 fully saturated rings. The van der Waals surface area contributed by atoms with Gasteiger partial charge in [-0.1, -0.05) is 65.7 Å². The Morgan fingerprint density at radius 1 is 0.821 bits per heavy atom. The number of carbonyl (C=O) groups excluding carboxylic acids is 2. The fourth-order valence-corrected chi connectivity index (χ4v) is 5.83. The Morgan fingerprint density at radius 2 is 1.36 bits per heavy atom. The van der Waals surface area contributed by atoms with Crippen molar-refractivity contribution in [1.82, 2.24) is 4.90 Å². The molecule has 2 saturated heterocycles. The lowest BCUT2D eigenvalue weighted by atomic mass is 9.59. The molecule has 0 amide bonds. The van der Waals surface area contributed by atoms with Crippen molar-refractivity contribution in [2.75, 3.05) is 25.0 Å². The number of amidine groups is 1. The van der Waals surface area contributed by atoms with Crippen LogP contribution >= 0.6 is 0 Å². The van der Waals surface area contributed by atoms with Gasteiger partial charge in [0.25, 0.3) is 10.0 Å². The van der Waals surface area contributed by atoms with Gasteiger partial charge in [0, 0.05) is 5.69 Å². The van der Waals surface area contributed by atoms with E-state index in [1.54, 1.807) is 24.1 Å². The van der Waals surface area contributed by atoms with Crippen LogP contribution in [-0.4, -0.2) is 58.3 Å². The normalized spacial score (nSPS) is 21.6. The van der Waals surface area contributed by atoms with Crippen LogP contribution in [0.3, 0.4) is 0 Å². The highest BCUT2D eigenvalue weighted by Gasteiger charge is 2.59. The van der Waals surface area contributed by atoms with Gasteiger partial charge >= 0.3 is 19.1 Å². The van der Waals surface area contributed by atoms with Gasteiger partial charge in [-0.05, 0) is 50.7 Å². The number of carbonyl (C=O) groups is 2. The quantitative estimate of drug-likeness (QED) is 0.449. The van der Waals surface area contributed by atoms with Gasteiger partial charge in [0.05, 0.1) is 24.0 Å². The third-order valence-corrected chi connectivity index (χ3v) is 8.03. The minimum absolute atomic E-state index is 0.0275. The van der Waals surface area contributed by atoms with Gasteiger partial charge < -0.3 is 14.2 Å². The maximum Gasteiger partial charge on any atom is 0.612 e. The van der Waals surface area contributed by atoms with E-state index in [4.69, 9.17) is 9.31 Å². The SMILES string of the molecule is Cc1ccc(N2/C(=N/S(=O)(=O)c3ccc(C)cc3)C(B3OC(=O)CN(C)CC(=O)O3)[C@H]2c2ccccc2)cc1. The Morgan fingerprint density at radius 3 is 1.92 bits per heavy atom. The molecule has 200 valence electrons. The standard InChI is InChI=1S/C28H28BN3O6S/c1-19-9-13-22(14-10-19)32-27(21-7-5-4-6-8-21)26(29-37-24(33)17-31(3)18-25(34)38-29)28(32)30-39(35,36)23-15-11-20(2)12-16-23/h4-16,26-27H,17-18H2,1-3H3/b30-28+/t26?,27-/m1/s1. The lowest BCUT2D eigenvalue weighted by molar-refractivity contribution is -0.145. The fraction of sp³-hybridized carbons (Fsp3) is 0.250. The molecule has 2 heterocycles. The van der Waals surface area contributed by atoms with E-state index in [-0.39, 0.29) is 23.8 Å². The zero-order valence-electron chi connectivity index (χ0n) is 21.9. The fourth-order valence-electron chi connectivity index (χ4n) is 4.79. The molecule has 0 bridgehead atoms. The van der Waals surface area contributed by atoms with Crippen molar-refractivity contribution in [1.29, 1.82) is 0 Å². The summed E-state index contributed by atoms with van der Waals surface area (Å²) in [5.41, 5.74) is 3.46. The molecule has 2 aliphatic rings. The molecule has 0 aromatic heterocycles. The zero-order valence-corrected chi connectivity index (χ0v) is 22.7. The van der Waals surface area contributed by atoms with Gasteiger partial charge in [0.1, 0.15) is 11.7 Å². The molecule has 5 rings (SSSR count). The summed E-state index contributed by atoms with van der Waals surface area (Å²) >= 11 is 0. The number of likely N-dealkylation sites (N-methyl/N-ethyl adjacent to an activating group) is 1. The van der Waals surface area contributed by atoms with E-state index in [0.717, 1.165) is 16.7 Å². The molecule has 0 saturated carbocycles. The van der Waals surface area contributed by atoms with Crippen molar-refractivity contribution in [3.8, 4) is 0 Å². The summed E-state index contributed by atoms with van der Waals surface area (Å²) in [5, 5.41) is 0. The van der Waals surface area contributed by atoms with Crippen molar-refractivity contribution in [3.05, 3.63) is 95.6 Å². The Balaban J connectivity index is 1.66. The first-order chi connectivity index (χ1) is 18.6. The molecule has 2 aliphatic heterocycles. The van der Waals surface area contributed by atoms with Crippen molar-refractivity contribution in [2.45, 2.75) is 30.6 Å². The predicted octanol–water partition coefficient (Wildman–Crippen LogP) is 3.54. The van der Waals surface area contributed by atoms with Gasteiger partial charge in [0.2, 0.25) is 0 Å². The van der Waals surface area contributed by atoms with Gasteiger partial charge in [-0.25, -0.2) is 0 Å². The smallest absolute Gasteiger partial charge is 0.498 e. The Labute approximate surface area is 228 Å². The number of benzene rings is 3. The van der Waals surface area contributed by atoms with Gasteiger partial charge in [0.15, 0.2) is 0 Å². The first-order valence-corrected chi connectivity index (χ1v) is 14.0.